The Labute approximate surface area is 131 Å². The molecule has 0 spiro atoms. The molecule has 1 atom stereocenters. The summed E-state index contributed by atoms with van der Waals surface area (Å²) in [6.07, 6.45) is 3.21. The first-order valence-electron chi connectivity index (χ1n) is 8.37. The van der Waals surface area contributed by atoms with Gasteiger partial charge in [0.15, 0.2) is 0 Å². The van der Waals surface area contributed by atoms with E-state index in [4.69, 9.17) is 4.74 Å². The van der Waals surface area contributed by atoms with Gasteiger partial charge < -0.3 is 15.0 Å². The number of nitrogens with one attached hydrogen (secondary N) is 1. The van der Waals surface area contributed by atoms with Crippen molar-refractivity contribution < 1.29 is 9.53 Å². The largest absolute Gasteiger partial charge is 0.444 e. The van der Waals surface area contributed by atoms with Crippen molar-refractivity contribution in [2.45, 2.75) is 79.4 Å². The Bertz CT molecular complexity index is 285. The van der Waals surface area contributed by atoms with Gasteiger partial charge in [-0.2, -0.15) is 0 Å². The first kappa shape index (κ1) is 20.2. The van der Waals surface area contributed by atoms with E-state index in [0.29, 0.717) is 12.6 Å². The summed E-state index contributed by atoms with van der Waals surface area (Å²) in [6, 6.07) is 0.545. The lowest BCUT2D eigenvalue weighted by Crippen LogP contribution is -2.38. The van der Waals surface area contributed by atoms with Gasteiger partial charge in [-0.05, 0) is 66.3 Å². The number of hydrogen-bond donors (Lipinski definition) is 1. The molecule has 0 aromatic carbocycles. The van der Waals surface area contributed by atoms with Crippen LogP contribution in [0.4, 0.5) is 4.79 Å². The zero-order chi connectivity index (χ0) is 16.5. The van der Waals surface area contributed by atoms with Crippen LogP contribution in [0.2, 0.25) is 0 Å². The van der Waals surface area contributed by atoms with E-state index in [9.17, 15) is 4.79 Å². The highest BCUT2D eigenvalue weighted by Crippen LogP contribution is 2.10. The normalized spacial score (nSPS) is 13.3. The number of rotatable bonds is 9. The molecule has 0 bridgehead atoms. The van der Waals surface area contributed by atoms with Gasteiger partial charge in [-0.25, -0.2) is 4.79 Å². The average molecular weight is 300 g/mol. The van der Waals surface area contributed by atoms with E-state index in [1.165, 1.54) is 12.8 Å². The lowest BCUT2D eigenvalue weighted by molar-refractivity contribution is 0.0258. The molecule has 4 nitrogen and oxygen atoms in total. The summed E-state index contributed by atoms with van der Waals surface area (Å²) in [6.45, 7) is 16.8. The van der Waals surface area contributed by atoms with Crippen molar-refractivity contribution in [3.63, 3.8) is 0 Å². The number of nitrogens with zero attached hydrogens (tertiary/aromatic N) is 1. The average Bonchev–Trinajstić information content (AvgIpc) is 2.34. The Hall–Kier alpha value is -0.770. The number of hydrogen-bond acceptors (Lipinski definition) is 3. The van der Waals surface area contributed by atoms with Crippen LogP contribution < -0.4 is 5.32 Å². The van der Waals surface area contributed by atoms with Gasteiger partial charge >= 0.3 is 6.09 Å². The Morgan fingerprint density at radius 1 is 1.19 bits per heavy atom. The van der Waals surface area contributed by atoms with Gasteiger partial charge in [0.2, 0.25) is 0 Å². The Morgan fingerprint density at radius 3 is 2.29 bits per heavy atom. The maximum atomic E-state index is 12.0. The van der Waals surface area contributed by atoms with Crippen molar-refractivity contribution >= 4 is 6.09 Å². The zero-order valence-corrected chi connectivity index (χ0v) is 15.2. The van der Waals surface area contributed by atoms with E-state index in [0.717, 1.165) is 25.4 Å². The highest BCUT2D eigenvalue weighted by atomic mass is 16.6. The second-order valence-electron chi connectivity index (χ2n) is 7.24. The van der Waals surface area contributed by atoms with Gasteiger partial charge in [-0.3, -0.25) is 0 Å². The molecule has 0 aromatic heterocycles. The van der Waals surface area contributed by atoms with Gasteiger partial charge in [0.05, 0.1) is 0 Å². The molecular formula is C17H36N2O2. The van der Waals surface area contributed by atoms with Gasteiger partial charge in [-0.1, -0.05) is 13.8 Å². The Kier molecular flexibility index (Phi) is 9.67. The molecule has 4 heteroatoms. The van der Waals surface area contributed by atoms with Crippen molar-refractivity contribution in [3.8, 4) is 0 Å². The molecule has 0 aliphatic carbocycles. The predicted molar refractivity (Wildman–Crippen MR) is 89.6 cm³/mol. The molecule has 0 aliphatic heterocycles. The number of carbonyl (C=O) groups is 1. The molecular weight excluding hydrogens is 264 g/mol. The molecule has 21 heavy (non-hydrogen) atoms. The fourth-order valence-electron chi connectivity index (χ4n) is 2.01. The Balaban J connectivity index is 3.89. The first-order valence-corrected chi connectivity index (χ1v) is 8.37. The fraction of sp³-hybridized carbons (Fsp3) is 0.941. The van der Waals surface area contributed by atoms with Crippen LogP contribution in [0, 0.1) is 5.92 Å². The van der Waals surface area contributed by atoms with Crippen molar-refractivity contribution in [1.29, 1.82) is 0 Å². The second-order valence-corrected chi connectivity index (χ2v) is 7.24. The van der Waals surface area contributed by atoms with E-state index in [1.54, 1.807) is 4.90 Å². The molecule has 0 saturated heterocycles. The molecule has 0 fully saturated rings. The summed E-state index contributed by atoms with van der Waals surface area (Å²) in [5.74, 6) is 0.761. The monoisotopic (exact) mass is 300 g/mol. The number of ether oxygens (including phenoxy) is 1. The maximum absolute atomic E-state index is 12.0. The molecule has 126 valence electrons. The zero-order valence-electron chi connectivity index (χ0n) is 15.2. The highest BCUT2D eigenvalue weighted by molar-refractivity contribution is 5.68. The van der Waals surface area contributed by atoms with Crippen molar-refractivity contribution in [1.82, 2.24) is 10.2 Å². The van der Waals surface area contributed by atoms with Crippen molar-refractivity contribution in [2.75, 3.05) is 19.6 Å². The minimum Gasteiger partial charge on any atom is -0.444 e. The Morgan fingerprint density at radius 2 is 1.81 bits per heavy atom. The van der Waals surface area contributed by atoms with E-state index in [2.05, 4.69) is 26.1 Å². The summed E-state index contributed by atoms with van der Waals surface area (Å²) in [7, 11) is 0. The van der Waals surface area contributed by atoms with Crippen LogP contribution in [0.5, 0.6) is 0 Å². The summed E-state index contributed by atoms with van der Waals surface area (Å²) in [5.41, 5.74) is -0.423. The lowest BCUT2D eigenvalue weighted by Gasteiger charge is -2.26. The third-order valence-electron chi connectivity index (χ3n) is 3.31. The maximum Gasteiger partial charge on any atom is 0.410 e. The fourth-order valence-corrected chi connectivity index (χ4v) is 2.01. The van der Waals surface area contributed by atoms with Crippen molar-refractivity contribution in [2.24, 2.45) is 5.92 Å². The summed E-state index contributed by atoms with van der Waals surface area (Å²) < 4.78 is 5.40. The molecule has 0 rings (SSSR count). The third-order valence-corrected chi connectivity index (χ3v) is 3.31. The van der Waals surface area contributed by atoms with Gasteiger partial charge in [-0.15, -0.1) is 0 Å². The van der Waals surface area contributed by atoms with Crippen LogP contribution in [-0.4, -0.2) is 42.3 Å². The van der Waals surface area contributed by atoms with Gasteiger partial charge in [0, 0.05) is 19.1 Å². The van der Waals surface area contributed by atoms with Crippen LogP contribution in [0.1, 0.15) is 67.7 Å². The molecule has 0 saturated carbocycles. The summed E-state index contributed by atoms with van der Waals surface area (Å²) >= 11 is 0. The van der Waals surface area contributed by atoms with E-state index in [-0.39, 0.29) is 6.09 Å². The van der Waals surface area contributed by atoms with Crippen LogP contribution in [0.15, 0.2) is 0 Å². The second kappa shape index (κ2) is 10.0. The summed E-state index contributed by atoms with van der Waals surface area (Å²) in [4.78, 5) is 13.7. The standard InChI is InChI=1S/C17H36N2O2/c1-8-19(16(20)21-17(5,6)7)13-9-12-18-15(4)11-10-14(2)3/h14-15,18H,8-13H2,1-7H3. The topological polar surface area (TPSA) is 41.6 Å². The molecule has 0 aromatic rings. The van der Waals surface area contributed by atoms with E-state index in [1.807, 2.05) is 27.7 Å². The minimum atomic E-state index is -0.423. The third kappa shape index (κ3) is 11.6. The molecule has 1 N–H and O–H groups in total. The van der Waals surface area contributed by atoms with Crippen LogP contribution >= 0.6 is 0 Å². The van der Waals surface area contributed by atoms with Gasteiger partial charge in [0.25, 0.3) is 0 Å². The van der Waals surface area contributed by atoms with Gasteiger partial charge in [0.1, 0.15) is 5.60 Å². The highest BCUT2D eigenvalue weighted by Gasteiger charge is 2.20. The molecule has 0 aliphatic rings. The molecule has 0 radical (unpaired) electrons. The quantitative estimate of drug-likeness (QED) is 0.653. The SMILES string of the molecule is CCN(CCCNC(C)CCC(C)C)C(=O)OC(C)(C)C. The van der Waals surface area contributed by atoms with Crippen LogP contribution in [0.3, 0.4) is 0 Å². The molecule has 1 amide bonds. The first-order chi connectivity index (χ1) is 9.65. The predicted octanol–water partition coefficient (Wildman–Crippen LogP) is 4.05. The van der Waals surface area contributed by atoms with E-state index < -0.39 is 5.60 Å². The number of carbonyl (C=O) groups excluding carboxylic acids is 1. The van der Waals surface area contributed by atoms with Crippen LogP contribution in [-0.2, 0) is 4.74 Å². The minimum absolute atomic E-state index is 0.210. The smallest absolute Gasteiger partial charge is 0.410 e. The lowest BCUT2D eigenvalue weighted by atomic mass is 10.0. The number of amides is 1. The summed E-state index contributed by atoms with van der Waals surface area (Å²) in [5, 5.41) is 3.53. The van der Waals surface area contributed by atoms with E-state index >= 15 is 0 Å². The molecule has 0 heterocycles. The van der Waals surface area contributed by atoms with Crippen molar-refractivity contribution in [3.05, 3.63) is 0 Å². The molecule has 1 unspecified atom stereocenters. The van der Waals surface area contributed by atoms with Crippen LogP contribution in [0.25, 0.3) is 0 Å².